The monoisotopic (exact) mass is 271 g/mol. The van der Waals surface area contributed by atoms with Gasteiger partial charge in [-0.25, -0.2) is 22.0 Å². The number of benzene rings is 1. The number of hydrogen-bond acceptors (Lipinski definition) is 1. The topological polar surface area (TPSA) is 12.9 Å². The lowest BCUT2D eigenvalue weighted by Gasteiger charge is -2.04. The molecule has 0 bridgehead atoms. The number of hydrogen-bond donors (Lipinski definition) is 0. The Hall–Kier alpha value is -2.24. The fraction of sp³-hybridized carbons (Fsp3) is 0. The van der Waals surface area contributed by atoms with Crippen LogP contribution in [0.15, 0.2) is 24.5 Å². The molecule has 0 saturated heterocycles. The molecule has 0 saturated carbocycles. The highest BCUT2D eigenvalue weighted by Crippen LogP contribution is 2.24. The largest absolute Gasteiger partial charge is 0.265 e. The zero-order chi connectivity index (χ0) is 14.0. The van der Waals surface area contributed by atoms with Crippen LogP contribution in [-0.2, 0) is 0 Å². The van der Waals surface area contributed by atoms with E-state index in [1.165, 1.54) is 30.6 Å². The van der Waals surface area contributed by atoms with Crippen LogP contribution in [-0.4, -0.2) is 4.98 Å². The second-order valence-electron chi connectivity index (χ2n) is 3.60. The van der Waals surface area contributed by atoms with Crippen LogP contribution in [0.5, 0.6) is 0 Å². The molecular weight excluding hydrogens is 265 g/mol. The van der Waals surface area contributed by atoms with Crippen molar-refractivity contribution >= 4 is 12.2 Å². The zero-order valence-corrected chi connectivity index (χ0v) is 9.30. The third-order valence-corrected chi connectivity index (χ3v) is 2.39. The standard InChI is InChI=1S/C13H6F5N/c14-9-8(2-1-7-3-5-19-6-4-7)10(15)12(17)13(18)11(9)16/h1-6H/b2-1+. The van der Waals surface area contributed by atoms with Crippen LogP contribution in [0.4, 0.5) is 22.0 Å². The Morgan fingerprint density at radius 1 is 0.684 bits per heavy atom. The molecule has 0 fully saturated rings. The molecule has 0 aliphatic rings. The highest BCUT2D eigenvalue weighted by molar-refractivity contribution is 5.70. The van der Waals surface area contributed by atoms with Gasteiger partial charge in [0.05, 0.1) is 5.56 Å². The Morgan fingerprint density at radius 2 is 1.16 bits per heavy atom. The van der Waals surface area contributed by atoms with Crippen molar-refractivity contribution in [3.63, 3.8) is 0 Å². The molecule has 0 amide bonds. The Balaban J connectivity index is 2.50. The van der Waals surface area contributed by atoms with E-state index in [4.69, 9.17) is 0 Å². The van der Waals surface area contributed by atoms with Crippen molar-refractivity contribution in [3.05, 3.63) is 64.7 Å². The molecule has 6 heteroatoms. The van der Waals surface area contributed by atoms with Gasteiger partial charge in [0, 0.05) is 12.4 Å². The van der Waals surface area contributed by atoms with Crippen molar-refractivity contribution in [1.82, 2.24) is 4.98 Å². The third-order valence-electron chi connectivity index (χ3n) is 2.39. The minimum absolute atomic E-state index is 0.513. The van der Waals surface area contributed by atoms with Gasteiger partial charge < -0.3 is 0 Å². The van der Waals surface area contributed by atoms with Crippen molar-refractivity contribution in [2.45, 2.75) is 0 Å². The molecule has 2 aromatic rings. The summed E-state index contributed by atoms with van der Waals surface area (Å²) in [5, 5.41) is 0. The molecule has 2 rings (SSSR count). The molecule has 0 aliphatic carbocycles. The van der Waals surface area contributed by atoms with Gasteiger partial charge in [0.15, 0.2) is 23.3 Å². The van der Waals surface area contributed by atoms with Gasteiger partial charge in [0.2, 0.25) is 5.82 Å². The van der Waals surface area contributed by atoms with Crippen LogP contribution >= 0.6 is 0 Å². The highest BCUT2D eigenvalue weighted by Gasteiger charge is 2.23. The van der Waals surface area contributed by atoms with E-state index >= 15 is 0 Å². The van der Waals surface area contributed by atoms with Crippen molar-refractivity contribution in [2.24, 2.45) is 0 Å². The lowest BCUT2D eigenvalue weighted by atomic mass is 10.1. The van der Waals surface area contributed by atoms with Crippen LogP contribution in [0.25, 0.3) is 12.2 Å². The van der Waals surface area contributed by atoms with E-state index in [1.807, 2.05) is 0 Å². The van der Waals surface area contributed by atoms with E-state index < -0.39 is 34.6 Å². The average Bonchev–Trinajstić information content (AvgIpc) is 2.44. The van der Waals surface area contributed by atoms with E-state index in [0.29, 0.717) is 5.56 Å². The van der Waals surface area contributed by atoms with E-state index in [-0.39, 0.29) is 0 Å². The molecule has 0 radical (unpaired) electrons. The molecule has 0 spiro atoms. The van der Waals surface area contributed by atoms with Gasteiger partial charge in [-0.15, -0.1) is 0 Å². The molecule has 0 aliphatic heterocycles. The number of pyridine rings is 1. The predicted molar refractivity (Wildman–Crippen MR) is 59.4 cm³/mol. The first kappa shape index (κ1) is 13.2. The van der Waals surface area contributed by atoms with Gasteiger partial charge in [0.25, 0.3) is 0 Å². The molecule has 1 heterocycles. The van der Waals surface area contributed by atoms with Gasteiger partial charge in [-0.2, -0.15) is 0 Å². The summed E-state index contributed by atoms with van der Waals surface area (Å²) in [6.07, 6.45) is 4.90. The van der Waals surface area contributed by atoms with Crippen LogP contribution in [0.1, 0.15) is 11.1 Å². The maximum Gasteiger partial charge on any atom is 0.200 e. The maximum atomic E-state index is 13.3. The van der Waals surface area contributed by atoms with E-state index in [9.17, 15) is 22.0 Å². The summed E-state index contributed by atoms with van der Waals surface area (Å²) in [5.74, 6) is -9.82. The Bertz CT molecular complexity index is 608. The first-order valence-corrected chi connectivity index (χ1v) is 5.12. The zero-order valence-electron chi connectivity index (χ0n) is 9.30. The van der Waals surface area contributed by atoms with Crippen LogP contribution in [0, 0.1) is 29.1 Å². The summed E-state index contributed by atoms with van der Waals surface area (Å²) < 4.78 is 65.3. The summed E-state index contributed by atoms with van der Waals surface area (Å²) in [6, 6.07) is 3.03. The summed E-state index contributed by atoms with van der Waals surface area (Å²) in [4.78, 5) is 3.72. The summed E-state index contributed by atoms with van der Waals surface area (Å²) in [6.45, 7) is 0. The van der Waals surface area contributed by atoms with Gasteiger partial charge >= 0.3 is 0 Å². The van der Waals surface area contributed by atoms with Gasteiger partial charge in [-0.1, -0.05) is 6.08 Å². The number of aromatic nitrogens is 1. The number of rotatable bonds is 2. The fourth-order valence-corrected chi connectivity index (χ4v) is 1.42. The fourth-order valence-electron chi connectivity index (χ4n) is 1.42. The highest BCUT2D eigenvalue weighted by atomic mass is 19.2. The van der Waals surface area contributed by atoms with Crippen molar-refractivity contribution in [1.29, 1.82) is 0 Å². The summed E-state index contributed by atoms with van der Waals surface area (Å²) in [7, 11) is 0. The molecule has 1 nitrogen and oxygen atoms in total. The minimum atomic E-state index is -2.17. The van der Waals surface area contributed by atoms with Gasteiger partial charge in [0.1, 0.15) is 0 Å². The third kappa shape index (κ3) is 2.47. The van der Waals surface area contributed by atoms with E-state index in [2.05, 4.69) is 4.98 Å². The second kappa shape index (κ2) is 5.17. The SMILES string of the molecule is Fc1c(F)c(F)c(/C=C/c2ccncc2)c(F)c1F. The first-order valence-electron chi connectivity index (χ1n) is 5.12. The van der Waals surface area contributed by atoms with Crippen molar-refractivity contribution in [3.8, 4) is 0 Å². The number of halogens is 5. The molecule has 98 valence electrons. The van der Waals surface area contributed by atoms with Crippen LogP contribution < -0.4 is 0 Å². The molecule has 19 heavy (non-hydrogen) atoms. The summed E-state index contributed by atoms with van der Waals surface area (Å²) >= 11 is 0. The summed E-state index contributed by atoms with van der Waals surface area (Å²) in [5.41, 5.74) is -0.466. The van der Waals surface area contributed by atoms with Crippen LogP contribution in [0.3, 0.4) is 0 Å². The van der Waals surface area contributed by atoms with Gasteiger partial charge in [-0.3, -0.25) is 4.98 Å². The number of nitrogens with zero attached hydrogens (tertiary/aromatic N) is 1. The minimum Gasteiger partial charge on any atom is -0.265 e. The Kier molecular flexibility index (Phi) is 3.59. The lowest BCUT2D eigenvalue weighted by molar-refractivity contribution is 0.377. The Morgan fingerprint density at radius 3 is 1.68 bits per heavy atom. The normalized spacial score (nSPS) is 11.2. The Labute approximate surface area is 105 Å². The maximum absolute atomic E-state index is 13.3. The average molecular weight is 271 g/mol. The second-order valence-corrected chi connectivity index (χ2v) is 3.60. The molecule has 0 unspecified atom stereocenters. The molecule has 0 atom stereocenters. The van der Waals surface area contributed by atoms with Gasteiger partial charge in [-0.05, 0) is 23.8 Å². The smallest absolute Gasteiger partial charge is 0.200 e. The molecule has 1 aromatic carbocycles. The molecular formula is C13H6F5N. The van der Waals surface area contributed by atoms with Crippen molar-refractivity contribution < 1.29 is 22.0 Å². The molecule has 1 aromatic heterocycles. The van der Waals surface area contributed by atoms with E-state index in [0.717, 1.165) is 6.08 Å². The quantitative estimate of drug-likeness (QED) is 0.458. The molecule has 0 N–H and O–H groups in total. The van der Waals surface area contributed by atoms with Crippen molar-refractivity contribution in [2.75, 3.05) is 0 Å². The first-order chi connectivity index (χ1) is 9.02. The lowest BCUT2D eigenvalue weighted by Crippen LogP contribution is -2.03. The predicted octanol–water partition coefficient (Wildman–Crippen LogP) is 3.95. The van der Waals surface area contributed by atoms with E-state index in [1.54, 1.807) is 0 Å². The van der Waals surface area contributed by atoms with Crippen LogP contribution in [0.2, 0.25) is 0 Å².